The van der Waals surface area contributed by atoms with Gasteiger partial charge < -0.3 is 15.2 Å². The molecule has 1 saturated heterocycles. The Morgan fingerprint density at radius 1 is 1.42 bits per heavy atom. The number of benzene rings is 1. The van der Waals surface area contributed by atoms with E-state index in [1.165, 1.54) is 7.11 Å². The van der Waals surface area contributed by atoms with Gasteiger partial charge in [0.2, 0.25) is 0 Å². The molecule has 0 saturated carbocycles. The quantitative estimate of drug-likeness (QED) is 0.278. The molecule has 0 amide bonds. The fourth-order valence-electron chi connectivity index (χ4n) is 2.74. The average Bonchev–Trinajstić information content (AvgIpc) is 3.09. The number of hydrogen-bond donors (Lipinski definition) is 3. The highest BCUT2D eigenvalue weighted by Gasteiger charge is 2.30. The van der Waals surface area contributed by atoms with Crippen LogP contribution in [0.4, 0.5) is 0 Å². The molecule has 1 aromatic rings. The SMILES string of the molecule is CCCCOC(=O)c1ccc([C@@H]2C[C@H](CC(=O)OC)ON2)c(C(=N)N)c1. The number of carbonyl (C=O) groups excluding carboxylic acids is 2. The molecule has 1 heterocycles. The Morgan fingerprint density at radius 3 is 2.85 bits per heavy atom. The summed E-state index contributed by atoms with van der Waals surface area (Å²) in [7, 11) is 1.33. The Labute approximate surface area is 152 Å². The Kier molecular flexibility index (Phi) is 7.11. The van der Waals surface area contributed by atoms with E-state index in [0.717, 1.165) is 18.4 Å². The van der Waals surface area contributed by atoms with Gasteiger partial charge >= 0.3 is 11.9 Å². The Morgan fingerprint density at radius 2 is 2.19 bits per heavy atom. The van der Waals surface area contributed by atoms with Gasteiger partial charge in [-0.05, 0) is 30.5 Å². The van der Waals surface area contributed by atoms with Crippen molar-refractivity contribution in [2.45, 2.75) is 44.8 Å². The first-order valence-corrected chi connectivity index (χ1v) is 8.59. The smallest absolute Gasteiger partial charge is 0.338 e. The molecular formula is C18H25N3O5. The summed E-state index contributed by atoms with van der Waals surface area (Å²) < 4.78 is 9.84. The third-order valence-corrected chi connectivity index (χ3v) is 4.18. The maximum atomic E-state index is 12.1. The van der Waals surface area contributed by atoms with Crippen LogP contribution in [0.15, 0.2) is 18.2 Å². The molecule has 142 valence electrons. The van der Waals surface area contributed by atoms with Crippen LogP contribution in [0.25, 0.3) is 0 Å². The number of ether oxygens (including phenoxy) is 2. The molecule has 0 bridgehead atoms. The molecule has 0 aliphatic carbocycles. The van der Waals surface area contributed by atoms with E-state index in [1.54, 1.807) is 18.2 Å². The van der Waals surface area contributed by atoms with E-state index in [4.69, 9.17) is 20.7 Å². The Balaban J connectivity index is 2.13. The summed E-state index contributed by atoms with van der Waals surface area (Å²) in [6, 6.07) is 4.69. The molecule has 8 heteroatoms. The molecule has 0 aromatic heterocycles. The van der Waals surface area contributed by atoms with Gasteiger partial charge in [0.05, 0.1) is 37.8 Å². The van der Waals surface area contributed by atoms with E-state index in [9.17, 15) is 9.59 Å². The fourth-order valence-corrected chi connectivity index (χ4v) is 2.74. The molecule has 1 aliphatic rings. The van der Waals surface area contributed by atoms with Crippen LogP contribution in [-0.2, 0) is 19.1 Å². The minimum atomic E-state index is -0.438. The van der Waals surface area contributed by atoms with Gasteiger partial charge in [0.15, 0.2) is 0 Å². The number of nitrogens with two attached hydrogens (primary N) is 1. The van der Waals surface area contributed by atoms with Gasteiger partial charge in [0, 0.05) is 5.56 Å². The zero-order valence-corrected chi connectivity index (χ0v) is 15.0. The van der Waals surface area contributed by atoms with Crippen molar-refractivity contribution in [3.8, 4) is 0 Å². The van der Waals surface area contributed by atoms with Gasteiger partial charge in [0.25, 0.3) is 0 Å². The third kappa shape index (κ3) is 5.03. The maximum Gasteiger partial charge on any atom is 0.338 e. The minimum absolute atomic E-state index is 0.136. The van der Waals surface area contributed by atoms with Crippen molar-refractivity contribution in [2.75, 3.05) is 13.7 Å². The van der Waals surface area contributed by atoms with Gasteiger partial charge in [-0.15, -0.1) is 0 Å². The number of hydroxylamine groups is 1. The second-order valence-corrected chi connectivity index (χ2v) is 6.13. The number of unbranched alkanes of at least 4 members (excludes halogenated alkanes) is 1. The number of nitrogen functional groups attached to an aromatic ring is 1. The zero-order valence-electron chi connectivity index (χ0n) is 15.0. The first-order chi connectivity index (χ1) is 12.5. The molecule has 2 rings (SSSR count). The lowest BCUT2D eigenvalue weighted by atomic mass is 9.94. The fraction of sp³-hybridized carbons (Fsp3) is 0.500. The zero-order chi connectivity index (χ0) is 19.1. The van der Waals surface area contributed by atoms with Gasteiger partial charge in [-0.3, -0.25) is 15.0 Å². The van der Waals surface area contributed by atoms with Crippen molar-refractivity contribution < 1.29 is 23.9 Å². The number of rotatable bonds is 8. The molecule has 8 nitrogen and oxygen atoms in total. The van der Waals surface area contributed by atoms with Crippen molar-refractivity contribution in [2.24, 2.45) is 5.73 Å². The Hall–Kier alpha value is -2.45. The topological polar surface area (TPSA) is 124 Å². The Bertz CT molecular complexity index is 677. The van der Waals surface area contributed by atoms with Gasteiger partial charge in [0.1, 0.15) is 5.84 Å². The van der Waals surface area contributed by atoms with Crippen LogP contribution < -0.4 is 11.2 Å². The second kappa shape index (κ2) is 9.30. The van der Waals surface area contributed by atoms with Crippen LogP contribution in [0.2, 0.25) is 0 Å². The monoisotopic (exact) mass is 363 g/mol. The van der Waals surface area contributed by atoms with Crippen LogP contribution in [0, 0.1) is 5.41 Å². The highest BCUT2D eigenvalue weighted by atomic mass is 16.7. The van der Waals surface area contributed by atoms with Gasteiger partial charge in [-0.1, -0.05) is 19.4 Å². The van der Waals surface area contributed by atoms with E-state index in [2.05, 4.69) is 10.2 Å². The van der Waals surface area contributed by atoms with Crippen molar-refractivity contribution in [1.82, 2.24) is 5.48 Å². The molecule has 1 aliphatic heterocycles. The largest absolute Gasteiger partial charge is 0.469 e. The molecule has 1 aromatic carbocycles. The lowest BCUT2D eigenvalue weighted by molar-refractivity contribution is -0.143. The van der Waals surface area contributed by atoms with Crippen molar-refractivity contribution in [1.29, 1.82) is 5.41 Å². The van der Waals surface area contributed by atoms with Gasteiger partial charge in [-0.2, -0.15) is 5.48 Å². The molecule has 0 radical (unpaired) electrons. The molecule has 1 fully saturated rings. The number of methoxy groups -OCH3 is 1. The summed E-state index contributed by atoms with van der Waals surface area (Å²) in [5.74, 6) is -0.942. The molecule has 2 atom stereocenters. The standard InChI is InChI=1S/C18H25N3O5/c1-3-4-7-25-18(23)11-5-6-13(14(8-11)17(19)20)15-9-12(26-21-15)10-16(22)24-2/h5-6,8,12,15,21H,3-4,7,9-10H2,1-2H3,(H3,19,20)/t12-,15+/m1/s1. The van der Waals surface area contributed by atoms with E-state index in [0.29, 0.717) is 24.2 Å². The summed E-state index contributed by atoms with van der Waals surface area (Å²) in [6.07, 6.45) is 2.07. The summed E-state index contributed by atoms with van der Waals surface area (Å²) in [6.45, 7) is 2.38. The summed E-state index contributed by atoms with van der Waals surface area (Å²) in [5.41, 5.74) is 10.1. The third-order valence-electron chi connectivity index (χ3n) is 4.18. The highest BCUT2D eigenvalue weighted by Crippen LogP contribution is 2.30. The number of carbonyl (C=O) groups is 2. The van der Waals surface area contributed by atoms with Crippen LogP contribution >= 0.6 is 0 Å². The highest BCUT2D eigenvalue weighted by molar-refractivity contribution is 5.99. The first kappa shape index (κ1) is 19.9. The maximum absolute atomic E-state index is 12.1. The average molecular weight is 363 g/mol. The van der Waals surface area contributed by atoms with Crippen molar-refractivity contribution in [3.63, 3.8) is 0 Å². The lowest BCUT2D eigenvalue weighted by Gasteiger charge is -2.15. The number of esters is 2. The number of hydrogen-bond acceptors (Lipinski definition) is 7. The summed E-state index contributed by atoms with van der Waals surface area (Å²) in [5, 5.41) is 7.82. The van der Waals surface area contributed by atoms with E-state index >= 15 is 0 Å². The van der Waals surface area contributed by atoms with Crippen LogP contribution in [0.3, 0.4) is 0 Å². The molecule has 0 unspecified atom stereocenters. The van der Waals surface area contributed by atoms with E-state index in [1.807, 2.05) is 6.92 Å². The number of nitrogens with one attached hydrogen (secondary N) is 2. The van der Waals surface area contributed by atoms with Crippen molar-refractivity contribution in [3.05, 3.63) is 34.9 Å². The number of amidine groups is 1. The minimum Gasteiger partial charge on any atom is -0.469 e. The predicted octanol–water partition coefficient (Wildman–Crippen LogP) is 1.83. The molecular weight excluding hydrogens is 338 g/mol. The lowest BCUT2D eigenvalue weighted by Crippen LogP contribution is -2.20. The molecule has 26 heavy (non-hydrogen) atoms. The summed E-state index contributed by atoms with van der Waals surface area (Å²) in [4.78, 5) is 28.9. The van der Waals surface area contributed by atoms with Gasteiger partial charge in [-0.25, -0.2) is 4.79 Å². The van der Waals surface area contributed by atoms with Crippen LogP contribution in [0.1, 0.15) is 60.1 Å². The molecule has 4 N–H and O–H groups in total. The first-order valence-electron chi connectivity index (χ1n) is 8.59. The van der Waals surface area contributed by atoms with Crippen molar-refractivity contribution >= 4 is 17.8 Å². The normalized spacial score (nSPS) is 19.2. The predicted molar refractivity (Wildman–Crippen MR) is 94.6 cm³/mol. The van der Waals surface area contributed by atoms with Crippen LogP contribution in [0.5, 0.6) is 0 Å². The van der Waals surface area contributed by atoms with E-state index < -0.39 is 5.97 Å². The van der Waals surface area contributed by atoms with E-state index in [-0.39, 0.29) is 30.4 Å². The van der Waals surface area contributed by atoms with Crippen LogP contribution in [-0.4, -0.2) is 37.6 Å². The second-order valence-electron chi connectivity index (χ2n) is 6.13. The molecule has 0 spiro atoms. The summed E-state index contributed by atoms with van der Waals surface area (Å²) >= 11 is 0.